The van der Waals surface area contributed by atoms with Crippen LogP contribution in [0.5, 0.6) is 5.88 Å². The summed E-state index contributed by atoms with van der Waals surface area (Å²) in [4.78, 5) is 9.03. The molecule has 1 unspecified atom stereocenters. The first-order chi connectivity index (χ1) is 23.2. The van der Waals surface area contributed by atoms with Gasteiger partial charge in [-0.15, -0.1) is 0 Å². The van der Waals surface area contributed by atoms with Crippen molar-refractivity contribution in [3.63, 3.8) is 0 Å². The Bertz CT molecular complexity index is 1720. The van der Waals surface area contributed by atoms with Crippen molar-refractivity contribution in [1.29, 1.82) is 0 Å². The molecule has 0 amide bonds. The summed E-state index contributed by atoms with van der Waals surface area (Å²) < 4.78 is 32.7. The molecule has 8 heteroatoms. The van der Waals surface area contributed by atoms with Crippen LogP contribution in [0.3, 0.4) is 0 Å². The number of hydrogen-bond acceptors (Lipinski definition) is 7. The quantitative estimate of drug-likeness (QED) is 0.118. The molecule has 1 aromatic heterocycles. The maximum Gasteiger partial charge on any atom is 0.226 e. The van der Waals surface area contributed by atoms with E-state index in [1.807, 2.05) is 72.8 Å². The van der Waals surface area contributed by atoms with Gasteiger partial charge in [-0.05, 0) is 71.7 Å². The summed E-state index contributed by atoms with van der Waals surface area (Å²) in [6.45, 7) is 1.65. The van der Waals surface area contributed by atoms with E-state index < -0.39 is 18.3 Å². The van der Waals surface area contributed by atoms with E-state index >= 15 is 0 Å². The van der Waals surface area contributed by atoms with Gasteiger partial charge in [0.25, 0.3) is 0 Å². The van der Waals surface area contributed by atoms with Gasteiger partial charge in [-0.25, -0.2) is 4.98 Å². The minimum atomic E-state index is -0.442. The molecule has 0 spiro atoms. The molecular formula is C39H39ClN2O5. The van der Waals surface area contributed by atoms with Crippen molar-refractivity contribution >= 4 is 22.5 Å². The fourth-order valence-electron chi connectivity index (χ4n) is 6.44. The minimum absolute atomic E-state index is 0.150. The number of benzene rings is 4. The molecule has 1 aliphatic heterocycles. The largest absolute Gasteiger partial charge is 0.474 e. The number of nitrogens with zero attached hydrogens (tertiary/aromatic N) is 2. The number of halogens is 1. The Hall–Kier alpha value is -3.85. The molecule has 1 saturated heterocycles. The van der Waals surface area contributed by atoms with E-state index in [2.05, 4.69) is 46.4 Å². The highest BCUT2D eigenvalue weighted by molar-refractivity contribution is 6.28. The summed E-state index contributed by atoms with van der Waals surface area (Å²) in [6, 6.07) is 36.5. The van der Waals surface area contributed by atoms with Gasteiger partial charge in [-0.3, -0.25) is 0 Å². The monoisotopic (exact) mass is 650 g/mol. The van der Waals surface area contributed by atoms with Gasteiger partial charge in [0.05, 0.1) is 37.3 Å². The van der Waals surface area contributed by atoms with Gasteiger partial charge in [0.15, 0.2) is 0 Å². The third-order valence-corrected chi connectivity index (χ3v) is 9.01. The zero-order chi connectivity index (χ0) is 31.8. The van der Waals surface area contributed by atoms with Crippen molar-refractivity contribution in [2.75, 3.05) is 6.61 Å². The molecule has 0 radical (unpaired) electrons. The predicted octanol–water partition coefficient (Wildman–Crippen LogP) is 8.43. The Morgan fingerprint density at radius 1 is 0.681 bits per heavy atom. The molecule has 1 aliphatic carbocycles. The maximum absolute atomic E-state index is 6.82. The molecule has 2 heterocycles. The van der Waals surface area contributed by atoms with E-state index in [1.54, 1.807) is 0 Å². The van der Waals surface area contributed by atoms with Gasteiger partial charge in [0.2, 0.25) is 11.2 Å². The van der Waals surface area contributed by atoms with Gasteiger partial charge >= 0.3 is 0 Å². The first kappa shape index (κ1) is 31.7. The number of ether oxygens (including phenoxy) is 5. The van der Waals surface area contributed by atoms with Crippen LogP contribution in [0.4, 0.5) is 0 Å². The lowest BCUT2D eigenvalue weighted by Crippen LogP contribution is -2.37. The molecule has 2 fully saturated rings. The van der Waals surface area contributed by atoms with E-state index in [-0.39, 0.29) is 17.5 Å². The molecule has 4 aromatic carbocycles. The van der Waals surface area contributed by atoms with E-state index in [1.165, 1.54) is 12.8 Å². The van der Waals surface area contributed by atoms with Crippen LogP contribution in [0.2, 0.25) is 5.28 Å². The summed E-state index contributed by atoms with van der Waals surface area (Å²) in [6.07, 6.45) is 2.89. The van der Waals surface area contributed by atoms with Crippen LogP contribution in [0.1, 0.15) is 54.0 Å². The second kappa shape index (κ2) is 15.4. The van der Waals surface area contributed by atoms with E-state index in [0.29, 0.717) is 37.8 Å². The van der Waals surface area contributed by atoms with Crippen molar-refractivity contribution in [1.82, 2.24) is 9.97 Å². The molecule has 47 heavy (non-hydrogen) atoms. The standard InChI is InChI=1S/C39H39ClN2O5/c40-39-41-33-22-30(20-21-32(33)38(42-39)46-31-18-10-11-19-31)35-37(45-25-29-16-8-3-9-17-29)36(44-24-28-14-6-2-7-15-28)34(47-35)26-43-23-27-12-4-1-5-13-27/h1-9,12-17,20-22,31,34-37H,10-11,18-19,23-26H2/t34-,35?,36-,37+/m1/s1. The Labute approximate surface area is 280 Å². The first-order valence-electron chi connectivity index (χ1n) is 16.4. The molecule has 7 rings (SSSR count). The molecule has 0 N–H and O–H groups in total. The summed E-state index contributed by atoms with van der Waals surface area (Å²) in [7, 11) is 0. The fraction of sp³-hybridized carbons (Fsp3) is 0.333. The topological polar surface area (TPSA) is 71.9 Å². The van der Waals surface area contributed by atoms with E-state index in [0.717, 1.165) is 40.5 Å². The minimum Gasteiger partial charge on any atom is -0.474 e. The van der Waals surface area contributed by atoms with Crippen molar-refractivity contribution in [3.8, 4) is 5.88 Å². The maximum atomic E-state index is 6.82. The molecule has 0 bridgehead atoms. The lowest BCUT2D eigenvalue weighted by atomic mass is 9.99. The molecule has 2 aliphatic rings. The van der Waals surface area contributed by atoms with Crippen LogP contribution in [-0.2, 0) is 38.8 Å². The van der Waals surface area contributed by atoms with Gasteiger partial charge in [-0.2, -0.15) is 4.98 Å². The Morgan fingerprint density at radius 2 is 1.28 bits per heavy atom. The average Bonchev–Trinajstić information content (AvgIpc) is 3.75. The fourth-order valence-corrected chi connectivity index (χ4v) is 6.60. The smallest absolute Gasteiger partial charge is 0.226 e. The summed E-state index contributed by atoms with van der Waals surface area (Å²) in [5.41, 5.74) is 4.86. The number of rotatable bonds is 13. The summed E-state index contributed by atoms with van der Waals surface area (Å²) in [5.74, 6) is 0.527. The van der Waals surface area contributed by atoms with Crippen molar-refractivity contribution < 1.29 is 23.7 Å². The zero-order valence-corrected chi connectivity index (χ0v) is 27.0. The van der Waals surface area contributed by atoms with Crippen LogP contribution in [0, 0.1) is 0 Å². The average molecular weight is 651 g/mol. The lowest BCUT2D eigenvalue weighted by Gasteiger charge is -2.25. The Kier molecular flexibility index (Phi) is 10.4. The second-order valence-electron chi connectivity index (χ2n) is 12.2. The molecule has 4 atom stereocenters. The second-order valence-corrected chi connectivity index (χ2v) is 12.6. The van der Waals surface area contributed by atoms with Crippen LogP contribution in [0.25, 0.3) is 10.9 Å². The van der Waals surface area contributed by atoms with E-state index in [9.17, 15) is 0 Å². The normalized spacial score (nSPS) is 21.4. The summed E-state index contributed by atoms with van der Waals surface area (Å²) >= 11 is 6.43. The Morgan fingerprint density at radius 3 is 1.91 bits per heavy atom. The van der Waals surface area contributed by atoms with Gasteiger partial charge in [0, 0.05) is 0 Å². The van der Waals surface area contributed by atoms with Crippen molar-refractivity contribution in [2.24, 2.45) is 0 Å². The van der Waals surface area contributed by atoms with Gasteiger partial charge in [0.1, 0.15) is 30.5 Å². The van der Waals surface area contributed by atoms with Crippen LogP contribution in [-0.4, -0.2) is 41.0 Å². The zero-order valence-electron chi connectivity index (χ0n) is 26.2. The van der Waals surface area contributed by atoms with Gasteiger partial charge < -0.3 is 23.7 Å². The molecule has 242 valence electrons. The number of aromatic nitrogens is 2. The van der Waals surface area contributed by atoms with Crippen molar-refractivity contribution in [3.05, 3.63) is 137 Å². The molecule has 1 saturated carbocycles. The van der Waals surface area contributed by atoms with Crippen LogP contribution in [0.15, 0.2) is 109 Å². The lowest BCUT2D eigenvalue weighted by molar-refractivity contribution is -0.0898. The van der Waals surface area contributed by atoms with Crippen LogP contribution >= 0.6 is 11.6 Å². The molecular weight excluding hydrogens is 612 g/mol. The van der Waals surface area contributed by atoms with Crippen molar-refractivity contribution in [2.45, 2.75) is 76.0 Å². The van der Waals surface area contributed by atoms with Crippen LogP contribution < -0.4 is 4.74 Å². The third kappa shape index (κ3) is 8.00. The highest BCUT2D eigenvalue weighted by Crippen LogP contribution is 2.40. The highest BCUT2D eigenvalue weighted by atomic mass is 35.5. The number of fused-ring (bicyclic) bond motifs is 1. The third-order valence-electron chi connectivity index (χ3n) is 8.84. The Balaban J connectivity index is 1.19. The van der Waals surface area contributed by atoms with Gasteiger partial charge in [-0.1, -0.05) is 97.1 Å². The first-order valence-corrected chi connectivity index (χ1v) is 16.8. The molecule has 7 nitrogen and oxygen atoms in total. The SMILES string of the molecule is Clc1nc(OC2CCCC2)c2ccc(C3O[C@H](COCc4ccccc4)[C@@H](OCc4ccccc4)[C@H]3OCc3ccccc3)cc2n1. The summed E-state index contributed by atoms with van der Waals surface area (Å²) in [5, 5.41) is 0.979. The number of hydrogen-bond donors (Lipinski definition) is 0. The molecule has 5 aromatic rings. The van der Waals surface area contributed by atoms with E-state index in [4.69, 9.17) is 35.3 Å². The highest BCUT2D eigenvalue weighted by Gasteiger charge is 2.47. The predicted molar refractivity (Wildman–Crippen MR) is 181 cm³/mol.